The Bertz CT molecular complexity index is 904. The van der Waals surface area contributed by atoms with Crippen molar-refractivity contribution in [3.63, 3.8) is 0 Å². The van der Waals surface area contributed by atoms with Gasteiger partial charge in [-0.25, -0.2) is 4.98 Å². The number of aliphatic imine (C=N–C) groups is 1. The number of ether oxygens (including phenoxy) is 1. The molecule has 1 N–H and O–H groups in total. The van der Waals surface area contributed by atoms with Gasteiger partial charge in [0.15, 0.2) is 11.6 Å². The average molecular weight is 388 g/mol. The van der Waals surface area contributed by atoms with Crippen molar-refractivity contribution in [1.82, 2.24) is 29.8 Å². The van der Waals surface area contributed by atoms with Crippen molar-refractivity contribution in [3.05, 3.63) is 46.3 Å². The van der Waals surface area contributed by atoms with E-state index in [-0.39, 0.29) is 6.10 Å². The number of methoxy groups -OCH3 is 1. The Labute approximate surface area is 162 Å². The standard InChI is InChI=1S/C18H25N7OS/c1-13(26-4)17-21-14(12-27-17)11-24(3)18(19-2)20-9-8-16-23-22-15-7-5-6-10-25(15)16/h5-7,10,12-13H,8-9,11H2,1-4H3,(H,19,20). The fourth-order valence-corrected chi connectivity index (χ4v) is 3.57. The molecule has 0 saturated heterocycles. The number of pyridine rings is 1. The molecule has 3 rings (SSSR count). The number of guanidine groups is 1. The molecular formula is C18H25N7OS. The average Bonchev–Trinajstić information content (AvgIpc) is 3.32. The number of thiazole rings is 1. The maximum atomic E-state index is 5.33. The van der Waals surface area contributed by atoms with Gasteiger partial charge in [0.05, 0.1) is 12.2 Å². The van der Waals surface area contributed by atoms with Crippen molar-refractivity contribution in [2.75, 3.05) is 27.7 Å². The Hall–Kier alpha value is -2.52. The molecule has 1 atom stereocenters. The highest BCUT2D eigenvalue weighted by Crippen LogP contribution is 2.20. The second-order valence-electron chi connectivity index (χ2n) is 6.18. The molecule has 27 heavy (non-hydrogen) atoms. The summed E-state index contributed by atoms with van der Waals surface area (Å²) >= 11 is 1.62. The molecule has 8 nitrogen and oxygen atoms in total. The highest BCUT2D eigenvalue weighted by atomic mass is 32.1. The number of nitrogens with one attached hydrogen (secondary N) is 1. The van der Waals surface area contributed by atoms with Crippen molar-refractivity contribution in [1.29, 1.82) is 0 Å². The molecule has 0 aliphatic heterocycles. The molecule has 0 aromatic carbocycles. The van der Waals surface area contributed by atoms with Crippen LogP contribution in [0.1, 0.15) is 29.6 Å². The lowest BCUT2D eigenvalue weighted by atomic mass is 10.4. The van der Waals surface area contributed by atoms with Crippen LogP contribution in [0.25, 0.3) is 5.65 Å². The van der Waals surface area contributed by atoms with E-state index < -0.39 is 0 Å². The predicted molar refractivity (Wildman–Crippen MR) is 107 cm³/mol. The topological polar surface area (TPSA) is 79.9 Å². The van der Waals surface area contributed by atoms with Crippen LogP contribution in [-0.2, 0) is 17.7 Å². The normalized spacial score (nSPS) is 13.1. The molecule has 144 valence electrons. The molecule has 3 aromatic rings. The lowest BCUT2D eigenvalue weighted by Crippen LogP contribution is -2.39. The largest absolute Gasteiger partial charge is 0.375 e. The van der Waals surface area contributed by atoms with E-state index in [9.17, 15) is 0 Å². The fraction of sp³-hybridized carbons (Fsp3) is 0.444. The number of fused-ring (bicyclic) bond motifs is 1. The first kappa shape index (κ1) is 19.2. The summed E-state index contributed by atoms with van der Waals surface area (Å²) in [7, 11) is 5.48. The number of hydrogen-bond donors (Lipinski definition) is 1. The van der Waals surface area contributed by atoms with Crippen molar-refractivity contribution in [2.24, 2.45) is 4.99 Å². The van der Waals surface area contributed by atoms with Crippen LogP contribution in [0.4, 0.5) is 0 Å². The fourth-order valence-electron chi connectivity index (χ4n) is 2.73. The van der Waals surface area contributed by atoms with Gasteiger partial charge in [0, 0.05) is 45.7 Å². The second kappa shape index (κ2) is 8.92. The van der Waals surface area contributed by atoms with E-state index in [4.69, 9.17) is 4.74 Å². The second-order valence-corrected chi connectivity index (χ2v) is 7.07. The molecule has 3 heterocycles. The summed E-state index contributed by atoms with van der Waals surface area (Å²) in [4.78, 5) is 11.1. The molecule has 0 aliphatic carbocycles. The van der Waals surface area contributed by atoms with E-state index in [0.29, 0.717) is 6.54 Å². The summed E-state index contributed by atoms with van der Waals surface area (Å²) < 4.78 is 7.33. The minimum atomic E-state index is 0.0180. The van der Waals surface area contributed by atoms with Crippen LogP contribution < -0.4 is 5.32 Å². The van der Waals surface area contributed by atoms with Crippen LogP contribution in [0, 0.1) is 0 Å². The third-order valence-electron chi connectivity index (χ3n) is 4.26. The summed E-state index contributed by atoms with van der Waals surface area (Å²) in [5, 5.41) is 14.9. The van der Waals surface area contributed by atoms with Gasteiger partial charge in [-0.1, -0.05) is 6.07 Å². The third kappa shape index (κ3) is 4.61. The zero-order valence-electron chi connectivity index (χ0n) is 16.1. The van der Waals surface area contributed by atoms with Gasteiger partial charge in [-0.15, -0.1) is 21.5 Å². The maximum Gasteiger partial charge on any atom is 0.193 e. The van der Waals surface area contributed by atoms with E-state index in [2.05, 4.69) is 35.8 Å². The molecule has 0 bridgehead atoms. The molecule has 9 heteroatoms. The predicted octanol–water partition coefficient (Wildman–Crippen LogP) is 2.14. The first-order chi connectivity index (χ1) is 13.1. The Morgan fingerprint density at radius 2 is 2.26 bits per heavy atom. The summed E-state index contributed by atoms with van der Waals surface area (Å²) in [6.07, 6.45) is 2.75. The van der Waals surface area contributed by atoms with Gasteiger partial charge < -0.3 is 15.0 Å². The van der Waals surface area contributed by atoms with E-state index in [1.807, 2.05) is 42.8 Å². The summed E-state index contributed by atoms with van der Waals surface area (Å²) in [6, 6.07) is 5.88. The van der Waals surface area contributed by atoms with Crippen molar-refractivity contribution >= 4 is 22.9 Å². The minimum absolute atomic E-state index is 0.0180. The lowest BCUT2D eigenvalue weighted by Gasteiger charge is -2.21. The molecular weight excluding hydrogens is 362 g/mol. The smallest absolute Gasteiger partial charge is 0.193 e. The van der Waals surface area contributed by atoms with Crippen molar-refractivity contribution < 1.29 is 4.74 Å². The Balaban J connectivity index is 1.54. The van der Waals surface area contributed by atoms with E-state index in [1.54, 1.807) is 25.5 Å². The van der Waals surface area contributed by atoms with Gasteiger partial charge in [-0.2, -0.15) is 0 Å². The minimum Gasteiger partial charge on any atom is -0.375 e. The zero-order valence-corrected chi connectivity index (χ0v) is 16.9. The van der Waals surface area contributed by atoms with Gasteiger partial charge >= 0.3 is 0 Å². The van der Waals surface area contributed by atoms with Crippen LogP contribution in [0.15, 0.2) is 34.8 Å². The van der Waals surface area contributed by atoms with E-state index in [1.165, 1.54) is 0 Å². The van der Waals surface area contributed by atoms with Crippen molar-refractivity contribution in [3.8, 4) is 0 Å². The Morgan fingerprint density at radius 1 is 1.41 bits per heavy atom. The van der Waals surface area contributed by atoms with Crippen LogP contribution >= 0.6 is 11.3 Å². The highest BCUT2D eigenvalue weighted by Gasteiger charge is 2.13. The molecule has 0 amide bonds. The first-order valence-electron chi connectivity index (χ1n) is 8.80. The van der Waals surface area contributed by atoms with Gasteiger partial charge in [0.1, 0.15) is 16.9 Å². The highest BCUT2D eigenvalue weighted by molar-refractivity contribution is 7.09. The van der Waals surface area contributed by atoms with Crippen LogP contribution in [0.5, 0.6) is 0 Å². The first-order valence-corrected chi connectivity index (χ1v) is 9.68. The molecule has 0 fully saturated rings. The van der Waals surface area contributed by atoms with Crippen LogP contribution in [0.3, 0.4) is 0 Å². The number of hydrogen-bond acceptors (Lipinski definition) is 6. The van der Waals surface area contributed by atoms with E-state index in [0.717, 1.165) is 41.1 Å². The summed E-state index contributed by atoms with van der Waals surface area (Å²) in [5.41, 5.74) is 1.87. The molecule has 0 radical (unpaired) electrons. The number of aromatic nitrogens is 4. The van der Waals surface area contributed by atoms with Crippen molar-refractivity contribution in [2.45, 2.75) is 26.0 Å². The van der Waals surface area contributed by atoms with Crippen LogP contribution in [-0.4, -0.2) is 58.2 Å². The quantitative estimate of drug-likeness (QED) is 0.494. The molecule has 3 aromatic heterocycles. The van der Waals surface area contributed by atoms with Gasteiger partial charge in [0.2, 0.25) is 0 Å². The number of rotatable bonds is 7. The number of nitrogens with zero attached hydrogens (tertiary/aromatic N) is 6. The summed E-state index contributed by atoms with van der Waals surface area (Å²) in [6.45, 7) is 3.40. The van der Waals surface area contributed by atoms with Gasteiger partial charge in [-0.3, -0.25) is 9.39 Å². The molecule has 0 aliphatic rings. The summed E-state index contributed by atoms with van der Waals surface area (Å²) in [5.74, 6) is 1.74. The maximum absolute atomic E-state index is 5.33. The Kier molecular flexibility index (Phi) is 6.36. The lowest BCUT2D eigenvalue weighted by molar-refractivity contribution is 0.119. The zero-order chi connectivity index (χ0) is 19.2. The molecule has 0 saturated carbocycles. The third-order valence-corrected chi connectivity index (χ3v) is 5.31. The van der Waals surface area contributed by atoms with Gasteiger partial charge in [-0.05, 0) is 19.1 Å². The molecule has 0 spiro atoms. The Morgan fingerprint density at radius 3 is 3.04 bits per heavy atom. The van der Waals surface area contributed by atoms with Gasteiger partial charge in [0.25, 0.3) is 0 Å². The monoisotopic (exact) mass is 387 g/mol. The van der Waals surface area contributed by atoms with Crippen LogP contribution in [0.2, 0.25) is 0 Å². The molecule has 1 unspecified atom stereocenters. The SMILES string of the molecule is CN=C(NCCc1nnc2ccccn12)N(C)Cc1csc(C(C)OC)n1. The van der Waals surface area contributed by atoms with E-state index >= 15 is 0 Å².